The maximum absolute atomic E-state index is 12.3. The van der Waals surface area contributed by atoms with E-state index in [-0.39, 0.29) is 5.57 Å². The van der Waals surface area contributed by atoms with Crippen LogP contribution in [0, 0.1) is 5.92 Å². The minimum absolute atomic E-state index is 0.205. The molecule has 7 heteroatoms. The summed E-state index contributed by atoms with van der Waals surface area (Å²) >= 11 is 2.95. The Morgan fingerprint density at radius 1 is 1.17 bits per heavy atom. The summed E-state index contributed by atoms with van der Waals surface area (Å²) in [7, 11) is 2.58. The van der Waals surface area contributed by atoms with Crippen LogP contribution in [-0.4, -0.2) is 26.2 Å². The van der Waals surface area contributed by atoms with E-state index in [1.54, 1.807) is 0 Å². The summed E-state index contributed by atoms with van der Waals surface area (Å²) in [5.41, 5.74) is 0.958. The van der Waals surface area contributed by atoms with Crippen molar-refractivity contribution in [3.8, 4) is 0 Å². The van der Waals surface area contributed by atoms with Crippen molar-refractivity contribution in [1.29, 1.82) is 0 Å². The van der Waals surface area contributed by atoms with Crippen LogP contribution in [0.2, 0.25) is 0 Å². The van der Waals surface area contributed by atoms with Gasteiger partial charge in [-0.25, -0.2) is 4.79 Å². The zero-order valence-electron chi connectivity index (χ0n) is 12.5. The highest BCUT2D eigenvalue weighted by atomic mass is 32.1. The summed E-state index contributed by atoms with van der Waals surface area (Å²) < 4.78 is 15.8. The molecule has 120 valence electrons. The van der Waals surface area contributed by atoms with Gasteiger partial charge in [-0.1, -0.05) is 6.07 Å². The quantitative estimate of drug-likeness (QED) is 0.792. The molecule has 0 radical (unpaired) electrons. The van der Waals surface area contributed by atoms with Crippen LogP contribution >= 0.6 is 22.7 Å². The molecule has 0 saturated carbocycles. The van der Waals surface area contributed by atoms with Crippen molar-refractivity contribution in [3.05, 3.63) is 50.4 Å². The van der Waals surface area contributed by atoms with E-state index < -0.39 is 24.0 Å². The summed E-state index contributed by atoms with van der Waals surface area (Å²) in [6.45, 7) is 0. The van der Waals surface area contributed by atoms with E-state index in [2.05, 4.69) is 0 Å². The van der Waals surface area contributed by atoms with Gasteiger partial charge in [-0.05, 0) is 22.9 Å². The van der Waals surface area contributed by atoms with Gasteiger partial charge in [0, 0.05) is 15.8 Å². The van der Waals surface area contributed by atoms with Crippen LogP contribution in [-0.2, 0) is 23.8 Å². The molecule has 23 heavy (non-hydrogen) atoms. The summed E-state index contributed by atoms with van der Waals surface area (Å²) in [6, 6.07) is 5.59. The fraction of sp³-hybridized carbons (Fsp3) is 0.250. The Balaban J connectivity index is 2.13. The van der Waals surface area contributed by atoms with E-state index in [0.29, 0.717) is 5.76 Å². The second-order valence-corrected chi connectivity index (χ2v) is 6.56. The molecular formula is C16H14O5S2. The summed E-state index contributed by atoms with van der Waals surface area (Å²) in [6.07, 6.45) is -0.591. The van der Waals surface area contributed by atoms with Crippen LogP contribution in [0.5, 0.6) is 0 Å². The van der Waals surface area contributed by atoms with E-state index in [9.17, 15) is 9.59 Å². The van der Waals surface area contributed by atoms with Crippen LogP contribution in [0.25, 0.3) is 5.76 Å². The number of hydrogen-bond acceptors (Lipinski definition) is 7. The molecule has 1 aliphatic heterocycles. The molecule has 0 fully saturated rings. The number of ether oxygens (including phenoxy) is 3. The summed E-state index contributed by atoms with van der Waals surface area (Å²) in [5.74, 6) is -1.57. The third-order valence-electron chi connectivity index (χ3n) is 3.57. The number of rotatable bonds is 4. The molecule has 0 aromatic carbocycles. The van der Waals surface area contributed by atoms with E-state index in [1.165, 1.54) is 36.9 Å². The van der Waals surface area contributed by atoms with Gasteiger partial charge >= 0.3 is 11.9 Å². The minimum atomic E-state index is -0.846. The van der Waals surface area contributed by atoms with Crippen LogP contribution in [0.4, 0.5) is 0 Å². The minimum Gasteiger partial charge on any atom is -0.482 e. The fourth-order valence-corrected chi connectivity index (χ4v) is 3.97. The number of methoxy groups -OCH3 is 2. The third-order valence-corrected chi connectivity index (χ3v) is 5.19. The molecule has 2 atom stereocenters. The molecule has 5 nitrogen and oxygen atoms in total. The highest BCUT2D eigenvalue weighted by Crippen LogP contribution is 2.47. The molecule has 0 unspecified atom stereocenters. The Kier molecular flexibility index (Phi) is 4.49. The van der Waals surface area contributed by atoms with Crippen molar-refractivity contribution in [2.45, 2.75) is 6.10 Å². The Morgan fingerprint density at radius 2 is 2.00 bits per heavy atom. The number of thiophene rings is 2. The van der Waals surface area contributed by atoms with E-state index in [1.807, 2.05) is 34.3 Å². The molecule has 0 N–H and O–H groups in total. The van der Waals surface area contributed by atoms with Crippen LogP contribution in [0.3, 0.4) is 0 Å². The molecule has 0 amide bonds. The fourth-order valence-electron chi connectivity index (χ4n) is 2.54. The predicted octanol–water partition coefficient (Wildman–Crippen LogP) is 3.25. The number of esters is 2. The smallest absolute Gasteiger partial charge is 0.338 e. The van der Waals surface area contributed by atoms with Gasteiger partial charge in [0.2, 0.25) is 0 Å². The first kappa shape index (κ1) is 15.8. The lowest BCUT2D eigenvalue weighted by molar-refractivity contribution is -0.149. The van der Waals surface area contributed by atoms with Gasteiger partial charge in [0.1, 0.15) is 11.7 Å². The topological polar surface area (TPSA) is 61.8 Å². The lowest BCUT2D eigenvalue weighted by Crippen LogP contribution is -2.26. The molecule has 2 aromatic heterocycles. The molecule has 2 aromatic rings. The van der Waals surface area contributed by atoms with Crippen molar-refractivity contribution in [1.82, 2.24) is 0 Å². The normalized spacial score (nSPS) is 20.3. The van der Waals surface area contributed by atoms with Gasteiger partial charge in [-0.3, -0.25) is 4.79 Å². The Hall–Kier alpha value is -2.12. The Labute approximate surface area is 141 Å². The number of carbonyl (C=O) groups is 2. The molecule has 0 spiro atoms. The molecule has 3 rings (SSSR count). The van der Waals surface area contributed by atoms with E-state index >= 15 is 0 Å². The first-order valence-electron chi connectivity index (χ1n) is 6.80. The maximum atomic E-state index is 12.3. The molecule has 1 aliphatic rings. The predicted molar refractivity (Wildman–Crippen MR) is 86.9 cm³/mol. The van der Waals surface area contributed by atoms with Crippen molar-refractivity contribution in [2.75, 3.05) is 14.2 Å². The van der Waals surface area contributed by atoms with Gasteiger partial charge in [-0.15, -0.1) is 11.3 Å². The molecule has 0 saturated heterocycles. The van der Waals surface area contributed by atoms with Crippen molar-refractivity contribution in [2.24, 2.45) is 5.92 Å². The lowest BCUT2D eigenvalue weighted by Gasteiger charge is -2.17. The van der Waals surface area contributed by atoms with Gasteiger partial charge in [0.25, 0.3) is 0 Å². The van der Waals surface area contributed by atoms with Crippen LogP contribution in [0.15, 0.2) is 39.9 Å². The van der Waals surface area contributed by atoms with Gasteiger partial charge in [0.15, 0.2) is 6.10 Å². The van der Waals surface area contributed by atoms with Gasteiger partial charge in [-0.2, -0.15) is 11.3 Å². The second kappa shape index (κ2) is 6.55. The Bertz CT molecular complexity index is 731. The molecular weight excluding hydrogens is 336 g/mol. The SMILES string of the molecule is COC(=O)C1=C(c2ccsc2)O[C@H](c2cccs2)[C@H]1C(=O)OC. The highest BCUT2D eigenvalue weighted by Gasteiger charge is 2.47. The first-order chi connectivity index (χ1) is 11.2. The van der Waals surface area contributed by atoms with E-state index in [0.717, 1.165) is 10.4 Å². The highest BCUT2D eigenvalue weighted by molar-refractivity contribution is 7.10. The van der Waals surface area contributed by atoms with Crippen LogP contribution < -0.4 is 0 Å². The van der Waals surface area contributed by atoms with Gasteiger partial charge in [0.05, 0.1) is 19.8 Å². The van der Waals surface area contributed by atoms with Crippen molar-refractivity contribution >= 4 is 40.4 Å². The first-order valence-corrected chi connectivity index (χ1v) is 8.62. The zero-order chi connectivity index (χ0) is 16.4. The number of carbonyl (C=O) groups excluding carboxylic acids is 2. The molecule has 0 aliphatic carbocycles. The second-order valence-electron chi connectivity index (χ2n) is 4.80. The van der Waals surface area contributed by atoms with Gasteiger partial charge < -0.3 is 14.2 Å². The lowest BCUT2D eigenvalue weighted by atomic mass is 9.93. The molecule has 3 heterocycles. The average Bonchev–Trinajstić information content (AvgIpc) is 3.31. The van der Waals surface area contributed by atoms with Crippen LogP contribution in [0.1, 0.15) is 16.5 Å². The largest absolute Gasteiger partial charge is 0.482 e. The monoisotopic (exact) mass is 350 g/mol. The number of hydrogen-bond donors (Lipinski definition) is 0. The van der Waals surface area contributed by atoms with E-state index in [4.69, 9.17) is 14.2 Å². The Morgan fingerprint density at radius 3 is 2.57 bits per heavy atom. The van der Waals surface area contributed by atoms with Crippen molar-refractivity contribution in [3.63, 3.8) is 0 Å². The zero-order valence-corrected chi connectivity index (χ0v) is 14.1. The van der Waals surface area contributed by atoms with Crippen molar-refractivity contribution < 1.29 is 23.8 Å². The molecule has 0 bridgehead atoms. The third kappa shape index (κ3) is 2.77. The summed E-state index contributed by atoms with van der Waals surface area (Å²) in [5, 5.41) is 5.64. The average molecular weight is 350 g/mol. The summed E-state index contributed by atoms with van der Waals surface area (Å²) in [4.78, 5) is 25.5. The maximum Gasteiger partial charge on any atom is 0.338 e. The standard InChI is InChI=1S/C16H14O5S2/c1-19-15(17)11-12(16(18)20-2)14(10-4-3-6-23-10)21-13(11)9-5-7-22-8-9/h3-8,12,14H,1-2H3/t12-,14+/m0/s1.